The van der Waals surface area contributed by atoms with Crippen LogP contribution in [0.5, 0.6) is 5.75 Å². The van der Waals surface area contributed by atoms with Gasteiger partial charge in [-0.25, -0.2) is 9.50 Å². The number of anilines is 1. The number of amides is 2. The van der Waals surface area contributed by atoms with Crippen molar-refractivity contribution < 1.29 is 23.1 Å². The molecule has 226 valence electrons. The van der Waals surface area contributed by atoms with Crippen LogP contribution in [-0.2, 0) is 11.3 Å². The highest BCUT2D eigenvalue weighted by molar-refractivity contribution is 7.98. The van der Waals surface area contributed by atoms with Crippen LogP contribution in [0.3, 0.4) is 0 Å². The van der Waals surface area contributed by atoms with E-state index in [4.69, 9.17) is 4.74 Å². The molecule has 3 aromatic heterocycles. The minimum atomic E-state index is -3.06. The van der Waals surface area contributed by atoms with E-state index in [9.17, 15) is 18.4 Å². The minimum absolute atomic E-state index is 0.0667. The zero-order chi connectivity index (χ0) is 29.9. The fourth-order valence-electron chi connectivity index (χ4n) is 5.82. The quantitative estimate of drug-likeness (QED) is 0.280. The Morgan fingerprint density at radius 3 is 2.70 bits per heavy atom. The largest absolute Gasteiger partial charge is 0.434 e. The molecule has 0 bridgehead atoms. The average molecular weight is 611 g/mol. The Balaban J connectivity index is 1.28. The normalized spacial score (nSPS) is 16.3. The second kappa shape index (κ2) is 12.7. The van der Waals surface area contributed by atoms with Crippen LogP contribution in [0.25, 0.3) is 16.9 Å². The Hall–Kier alpha value is -4.04. The van der Waals surface area contributed by atoms with E-state index in [0.29, 0.717) is 24.8 Å². The fourth-order valence-corrected chi connectivity index (χ4v) is 6.26. The zero-order valence-electron chi connectivity index (χ0n) is 23.7. The number of benzene rings is 1. The Bertz CT molecular complexity index is 1610. The summed E-state index contributed by atoms with van der Waals surface area (Å²) in [5, 5.41) is 11.6. The molecule has 0 aliphatic carbocycles. The molecule has 6 rings (SSSR count). The van der Waals surface area contributed by atoms with Gasteiger partial charge >= 0.3 is 6.61 Å². The van der Waals surface area contributed by atoms with Crippen LogP contribution in [0, 0.1) is 0 Å². The van der Waals surface area contributed by atoms with Crippen molar-refractivity contribution >= 4 is 34.9 Å². The molecule has 0 spiro atoms. The lowest BCUT2D eigenvalue weighted by Crippen LogP contribution is -2.46. The summed E-state index contributed by atoms with van der Waals surface area (Å²) >= 11 is 1.42. The van der Waals surface area contributed by atoms with E-state index in [2.05, 4.69) is 25.4 Å². The van der Waals surface area contributed by atoms with E-state index in [0.717, 1.165) is 30.8 Å². The first kappa shape index (κ1) is 29.1. The highest BCUT2D eigenvalue weighted by atomic mass is 32.2. The maximum absolute atomic E-state index is 13.4. The van der Waals surface area contributed by atoms with Crippen LogP contribution in [0.2, 0.25) is 0 Å². The summed E-state index contributed by atoms with van der Waals surface area (Å²) in [5.41, 5.74) is 1.27. The fraction of sp³-hybridized carbons (Fsp3) is 0.414. The molecule has 14 heteroatoms. The molecule has 2 amide bonds. The van der Waals surface area contributed by atoms with Crippen LogP contribution < -0.4 is 10.1 Å². The molecule has 4 aromatic rings. The first-order chi connectivity index (χ1) is 20.9. The van der Waals surface area contributed by atoms with E-state index in [1.54, 1.807) is 36.8 Å². The number of alkyl halides is 2. The van der Waals surface area contributed by atoms with Crippen molar-refractivity contribution in [2.45, 2.75) is 49.8 Å². The van der Waals surface area contributed by atoms with Crippen LogP contribution in [-0.4, -0.2) is 91.1 Å². The van der Waals surface area contributed by atoms with Gasteiger partial charge in [0.1, 0.15) is 23.6 Å². The van der Waals surface area contributed by atoms with E-state index < -0.39 is 12.5 Å². The van der Waals surface area contributed by atoms with Gasteiger partial charge in [-0.3, -0.25) is 14.3 Å². The topological polar surface area (TPSA) is 110 Å². The standard InChI is InChI=1S/C29H32F2N8O3S/c1-43-20-5-6-24(42-29(30)31)21(15-20)26-23(34-28(41)22-16-33-39-12-4-9-32-27(22)39)17-38(35-26)18-25(40)37-13-7-19(8-14-37)36-10-2-3-11-36/h4-6,9,12,15-17,19,29H,2-3,7-8,10-11,13-14,18H2,1H3,(H,34,41). The van der Waals surface area contributed by atoms with Gasteiger partial charge in [0.05, 0.1) is 11.9 Å². The Kier molecular flexibility index (Phi) is 8.56. The predicted octanol–water partition coefficient (Wildman–Crippen LogP) is 4.26. The lowest BCUT2D eigenvalue weighted by Gasteiger charge is -2.36. The Morgan fingerprint density at radius 2 is 1.95 bits per heavy atom. The molecule has 1 N–H and O–H groups in total. The molecule has 2 aliphatic heterocycles. The third-order valence-electron chi connectivity index (χ3n) is 7.96. The summed E-state index contributed by atoms with van der Waals surface area (Å²) < 4.78 is 34.5. The van der Waals surface area contributed by atoms with Crippen LogP contribution in [0.4, 0.5) is 14.5 Å². The Morgan fingerprint density at radius 1 is 1.16 bits per heavy atom. The van der Waals surface area contributed by atoms with Crippen LogP contribution in [0.1, 0.15) is 36.0 Å². The number of thioether (sulfide) groups is 1. The SMILES string of the molecule is CSc1ccc(OC(F)F)c(-c2nn(CC(=O)N3CCC(N4CCCC4)CC3)cc2NC(=O)c2cnn3cccnc23)c1. The third-order valence-corrected chi connectivity index (χ3v) is 8.69. The number of piperidine rings is 1. The van der Waals surface area contributed by atoms with E-state index in [1.807, 2.05) is 11.2 Å². The molecule has 2 fully saturated rings. The Labute approximate surface area is 251 Å². The summed E-state index contributed by atoms with van der Waals surface area (Å²) in [6.45, 7) is 0.466. The molecular formula is C29H32F2N8O3S. The van der Waals surface area contributed by atoms with Gasteiger partial charge < -0.3 is 19.9 Å². The number of nitrogens with one attached hydrogen (secondary N) is 1. The molecular weight excluding hydrogens is 578 g/mol. The summed E-state index contributed by atoms with van der Waals surface area (Å²) in [7, 11) is 0. The summed E-state index contributed by atoms with van der Waals surface area (Å²) in [6.07, 6.45) is 12.4. The van der Waals surface area contributed by atoms with Crippen molar-refractivity contribution in [2.24, 2.45) is 0 Å². The molecule has 11 nitrogen and oxygen atoms in total. The lowest BCUT2D eigenvalue weighted by atomic mass is 10.0. The van der Waals surface area contributed by atoms with Gasteiger partial charge in [0.2, 0.25) is 5.91 Å². The third kappa shape index (κ3) is 6.34. The number of hydrogen-bond donors (Lipinski definition) is 1. The molecule has 43 heavy (non-hydrogen) atoms. The maximum Gasteiger partial charge on any atom is 0.387 e. The van der Waals surface area contributed by atoms with Gasteiger partial charge in [-0.15, -0.1) is 11.8 Å². The van der Waals surface area contributed by atoms with E-state index in [1.165, 1.54) is 46.1 Å². The molecule has 0 radical (unpaired) electrons. The van der Waals surface area contributed by atoms with Crippen molar-refractivity contribution in [2.75, 3.05) is 37.8 Å². The molecule has 0 unspecified atom stereocenters. The maximum atomic E-state index is 13.4. The number of hydrogen-bond acceptors (Lipinski definition) is 8. The zero-order valence-corrected chi connectivity index (χ0v) is 24.5. The number of halogens is 2. The number of carbonyl (C=O) groups excluding carboxylic acids is 2. The van der Waals surface area contributed by atoms with Gasteiger partial charge in [0, 0.05) is 48.2 Å². The second-order valence-electron chi connectivity index (χ2n) is 10.6. The molecule has 2 aliphatic rings. The number of fused-ring (bicyclic) bond motifs is 1. The number of likely N-dealkylation sites (tertiary alicyclic amines) is 2. The van der Waals surface area contributed by atoms with Gasteiger partial charge in [-0.1, -0.05) is 0 Å². The van der Waals surface area contributed by atoms with Crippen LogP contribution in [0.15, 0.2) is 53.9 Å². The molecule has 0 saturated carbocycles. The second-order valence-corrected chi connectivity index (χ2v) is 11.5. The number of aromatic nitrogens is 5. The van der Waals surface area contributed by atoms with Crippen molar-refractivity contribution in [1.29, 1.82) is 0 Å². The summed E-state index contributed by atoms with van der Waals surface area (Å²) in [5.74, 6) is -0.704. The van der Waals surface area contributed by atoms with Gasteiger partial charge in [-0.05, 0) is 69.3 Å². The van der Waals surface area contributed by atoms with Crippen molar-refractivity contribution in [3.05, 3.63) is 54.6 Å². The molecule has 0 atom stereocenters. The predicted molar refractivity (Wildman–Crippen MR) is 157 cm³/mol. The number of nitrogens with zero attached hydrogens (tertiary/aromatic N) is 7. The van der Waals surface area contributed by atoms with Gasteiger partial charge in [0.15, 0.2) is 5.65 Å². The first-order valence-electron chi connectivity index (χ1n) is 14.2. The van der Waals surface area contributed by atoms with Crippen molar-refractivity contribution in [1.82, 2.24) is 34.2 Å². The highest BCUT2D eigenvalue weighted by Gasteiger charge is 2.29. The van der Waals surface area contributed by atoms with Gasteiger partial charge in [-0.2, -0.15) is 19.0 Å². The average Bonchev–Trinajstić information content (AvgIpc) is 3.78. The van der Waals surface area contributed by atoms with E-state index >= 15 is 0 Å². The number of carbonyl (C=O) groups is 2. The summed E-state index contributed by atoms with van der Waals surface area (Å²) in [6, 6.07) is 6.99. The smallest absolute Gasteiger partial charge is 0.387 e. The summed E-state index contributed by atoms with van der Waals surface area (Å²) in [4.78, 5) is 36.1. The van der Waals surface area contributed by atoms with Crippen molar-refractivity contribution in [3.8, 4) is 17.0 Å². The van der Waals surface area contributed by atoms with Gasteiger partial charge in [0.25, 0.3) is 5.91 Å². The highest BCUT2D eigenvalue weighted by Crippen LogP contribution is 2.38. The van der Waals surface area contributed by atoms with Crippen molar-refractivity contribution in [3.63, 3.8) is 0 Å². The molecule has 1 aromatic carbocycles. The monoisotopic (exact) mass is 610 g/mol. The van der Waals surface area contributed by atoms with Crippen LogP contribution >= 0.6 is 11.8 Å². The molecule has 2 saturated heterocycles. The first-order valence-corrected chi connectivity index (χ1v) is 15.4. The minimum Gasteiger partial charge on any atom is -0.434 e. The van der Waals surface area contributed by atoms with E-state index in [-0.39, 0.29) is 40.7 Å². The number of ether oxygens (including phenoxy) is 1. The number of rotatable bonds is 9. The molecule has 5 heterocycles. The lowest BCUT2D eigenvalue weighted by molar-refractivity contribution is -0.133.